The van der Waals surface area contributed by atoms with E-state index in [2.05, 4.69) is 22.2 Å². The largest absolute Gasteiger partial charge is 0.325 e. The van der Waals surface area contributed by atoms with Crippen molar-refractivity contribution in [2.75, 3.05) is 11.1 Å². The molecular weight excluding hydrogens is 434 g/mol. The maximum Gasteiger partial charge on any atom is 0.270 e. The molecule has 1 heterocycles. The Morgan fingerprint density at radius 2 is 1.58 bits per heavy atom. The fourth-order valence-corrected chi connectivity index (χ4v) is 4.68. The van der Waals surface area contributed by atoms with Crippen molar-refractivity contribution in [1.82, 2.24) is 9.97 Å². The molecule has 0 unspecified atom stereocenters. The lowest BCUT2D eigenvalue weighted by molar-refractivity contribution is -0.113. The number of benzene rings is 2. The summed E-state index contributed by atoms with van der Waals surface area (Å²) in [6.07, 6.45) is 2.73. The van der Waals surface area contributed by atoms with Gasteiger partial charge in [0.25, 0.3) is 5.56 Å². The van der Waals surface area contributed by atoms with Crippen molar-refractivity contribution in [1.29, 1.82) is 0 Å². The second-order valence-electron chi connectivity index (χ2n) is 6.77. The summed E-state index contributed by atoms with van der Waals surface area (Å²) in [6, 6.07) is 13.9. The number of nitrogens with one attached hydrogen (secondary N) is 2. The Kier molecular flexibility index (Phi) is 7.29. The predicted octanol–water partition coefficient (Wildman–Crippen LogP) is 3.46. The van der Waals surface area contributed by atoms with Gasteiger partial charge in [0.05, 0.1) is 16.8 Å². The second kappa shape index (κ2) is 9.93. The number of amides is 1. The van der Waals surface area contributed by atoms with Gasteiger partial charge in [0.15, 0.2) is 10.1 Å². The van der Waals surface area contributed by atoms with E-state index in [9.17, 15) is 18.0 Å². The Morgan fingerprint density at radius 3 is 2.13 bits per heavy atom. The highest BCUT2D eigenvalue weighted by Crippen LogP contribution is 2.20. The zero-order valence-corrected chi connectivity index (χ0v) is 18.8. The molecule has 9 heteroatoms. The van der Waals surface area contributed by atoms with Crippen LogP contribution in [0.5, 0.6) is 0 Å². The molecule has 1 aromatic heterocycles. The van der Waals surface area contributed by atoms with E-state index in [-0.39, 0.29) is 21.7 Å². The number of carbonyl (C=O) groups excluding carboxylic acids is 1. The summed E-state index contributed by atoms with van der Waals surface area (Å²) in [7, 11) is -3.98. The zero-order valence-electron chi connectivity index (χ0n) is 17.2. The molecule has 0 aliphatic carbocycles. The van der Waals surface area contributed by atoms with E-state index in [1.54, 1.807) is 12.1 Å². The van der Waals surface area contributed by atoms with Gasteiger partial charge in [-0.2, -0.15) is 0 Å². The zero-order chi connectivity index (χ0) is 22.4. The molecule has 0 aliphatic rings. The third-order valence-electron chi connectivity index (χ3n) is 4.66. The van der Waals surface area contributed by atoms with Crippen LogP contribution >= 0.6 is 11.8 Å². The van der Waals surface area contributed by atoms with E-state index in [0.29, 0.717) is 5.69 Å². The average Bonchev–Trinajstić information content (AvgIpc) is 2.78. The van der Waals surface area contributed by atoms with Crippen molar-refractivity contribution in [3.05, 3.63) is 76.2 Å². The molecule has 1 amide bonds. The van der Waals surface area contributed by atoms with E-state index in [0.717, 1.165) is 36.4 Å². The number of nitrogens with zero attached hydrogens (tertiary/aromatic N) is 1. The van der Waals surface area contributed by atoms with Gasteiger partial charge in [-0.15, -0.1) is 0 Å². The molecule has 0 bridgehead atoms. The van der Waals surface area contributed by atoms with Crippen LogP contribution in [0.2, 0.25) is 0 Å². The van der Waals surface area contributed by atoms with Crippen LogP contribution in [0.1, 0.15) is 25.0 Å². The fraction of sp³-hybridized carbons (Fsp3) is 0.227. The Hall–Kier alpha value is -2.91. The maximum atomic E-state index is 12.7. The van der Waals surface area contributed by atoms with E-state index in [4.69, 9.17) is 0 Å². The standard InChI is InChI=1S/C22H23N3O4S2/c1-3-15-5-9-17(10-6-15)24-20(26)14-30-22-23-13-19(21(27)25-22)31(28,29)18-11-7-16(4-2)8-12-18/h5-13H,3-4,14H2,1-2H3,(H,24,26)(H,23,25,27). The monoisotopic (exact) mass is 457 g/mol. The molecule has 7 nitrogen and oxygen atoms in total. The van der Waals surface area contributed by atoms with E-state index < -0.39 is 20.3 Å². The maximum absolute atomic E-state index is 12.7. The SMILES string of the molecule is CCc1ccc(NC(=O)CSc2ncc(S(=O)(=O)c3ccc(CC)cc3)c(=O)[nH]2)cc1. The molecule has 0 spiro atoms. The van der Waals surface area contributed by atoms with Gasteiger partial charge in [0.2, 0.25) is 15.7 Å². The second-order valence-corrected chi connectivity index (χ2v) is 9.65. The molecular formula is C22H23N3O4S2. The molecule has 0 fully saturated rings. The molecule has 0 aliphatic heterocycles. The summed E-state index contributed by atoms with van der Waals surface area (Å²) < 4.78 is 25.5. The lowest BCUT2D eigenvalue weighted by Gasteiger charge is -2.07. The highest BCUT2D eigenvalue weighted by molar-refractivity contribution is 7.99. The van der Waals surface area contributed by atoms with Gasteiger partial charge in [0, 0.05) is 5.69 Å². The number of sulfone groups is 1. The Morgan fingerprint density at radius 1 is 1.00 bits per heavy atom. The first-order valence-electron chi connectivity index (χ1n) is 9.78. The molecule has 0 radical (unpaired) electrons. The number of H-pyrrole nitrogens is 1. The molecule has 3 aromatic rings. The van der Waals surface area contributed by atoms with Gasteiger partial charge in [-0.1, -0.05) is 49.9 Å². The smallest absolute Gasteiger partial charge is 0.270 e. The molecule has 31 heavy (non-hydrogen) atoms. The highest BCUT2D eigenvalue weighted by Gasteiger charge is 2.22. The minimum Gasteiger partial charge on any atom is -0.325 e. The molecule has 162 valence electrons. The number of aromatic amines is 1. The summed E-state index contributed by atoms with van der Waals surface area (Å²) >= 11 is 1.02. The Labute approximate surface area is 185 Å². The topological polar surface area (TPSA) is 109 Å². The third-order valence-corrected chi connectivity index (χ3v) is 7.31. The Bertz CT molecular complexity index is 1220. The van der Waals surface area contributed by atoms with Crippen molar-refractivity contribution < 1.29 is 13.2 Å². The van der Waals surface area contributed by atoms with Crippen LogP contribution < -0.4 is 10.9 Å². The van der Waals surface area contributed by atoms with Crippen LogP contribution in [0.15, 0.2) is 74.5 Å². The van der Waals surface area contributed by atoms with Crippen LogP contribution in [-0.4, -0.2) is 30.0 Å². The number of rotatable bonds is 8. The lowest BCUT2D eigenvalue weighted by atomic mass is 10.1. The van der Waals surface area contributed by atoms with Crippen LogP contribution in [0.4, 0.5) is 5.69 Å². The lowest BCUT2D eigenvalue weighted by Crippen LogP contribution is -2.20. The quantitative estimate of drug-likeness (QED) is 0.396. The summed E-state index contributed by atoms with van der Waals surface area (Å²) in [5.41, 5.74) is 2.08. The minimum atomic E-state index is -3.98. The Balaban J connectivity index is 1.67. The van der Waals surface area contributed by atoms with Gasteiger partial charge < -0.3 is 10.3 Å². The number of hydrogen-bond donors (Lipinski definition) is 2. The van der Waals surface area contributed by atoms with Gasteiger partial charge in [-0.3, -0.25) is 9.59 Å². The summed E-state index contributed by atoms with van der Waals surface area (Å²) in [4.78, 5) is 30.6. The van der Waals surface area contributed by atoms with Gasteiger partial charge in [0.1, 0.15) is 0 Å². The highest BCUT2D eigenvalue weighted by atomic mass is 32.2. The number of carbonyl (C=O) groups is 1. The molecule has 3 rings (SSSR count). The molecule has 0 saturated heterocycles. The number of hydrogen-bond acceptors (Lipinski definition) is 6. The van der Waals surface area contributed by atoms with E-state index in [1.165, 1.54) is 17.7 Å². The normalized spacial score (nSPS) is 11.3. The molecule has 0 saturated carbocycles. The summed E-state index contributed by atoms with van der Waals surface area (Å²) in [5, 5.41) is 2.94. The molecule has 0 atom stereocenters. The van der Waals surface area contributed by atoms with Crippen LogP contribution in [0.3, 0.4) is 0 Å². The first-order chi connectivity index (χ1) is 14.8. The van der Waals surface area contributed by atoms with E-state index in [1.807, 2.05) is 31.2 Å². The van der Waals surface area contributed by atoms with Crippen molar-refractivity contribution in [3.63, 3.8) is 0 Å². The number of anilines is 1. The average molecular weight is 458 g/mol. The van der Waals surface area contributed by atoms with Crippen molar-refractivity contribution in [2.24, 2.45) is 0 Å². The van der Waals surface area contributed by atoms with Crippen molar-refractivity contribution in [2.45, 2.75) is 41.6 Å². The van der Waals surface area contributed by atoms with Crippen LogP contribution in [0, 0.1) is 0 Å². The number of aromatic nitrogens is 2. The van der Waals surface area contributed by atoms with Gasteiger partial charge in [-0.05, 0) is 48.2 Å². The summed E-state index contributed by atoms with van der Waals surface area (Å²) in [5.74, 6) is -0.243. The minimum absolute atomic E-state index is 0.0169. The molecule has 2 aromatic carbocycles. The fourth-order valence-electron chi connectivity index (χ4n) is 2.82. The first-order valence-corrected chi connectivity index (χ1v) is 12.2. The number of aryl methyl sites for hydroxylation is 2. The first kappa shape index (κ1) is 22.8. The third kappa shape index (κ3) is 5.62. The van der Waals surface area contributed by atoms with Gasteiger partial charge in [-0.25, -0.2) is 13.4 Å². The molecule has 2 N–H and O–H groups in total. The predicted molar refractivity (Wildman–Crippen MR) is 121 cm³/mol. The van der Waals surface area contributed by atoms with Crippen molar-refractivity contribution >= 4 is 33.2 Å². The number of thioether (sulfide) groups is 1. The van der Waals surface area contributed by atoms with Crippen LogP contribution in [-0.2, 0) is 27.5 Å². The van der Waals surface area contributed by atoms with Gasteiger partial charge >= 0.3 is 0 Å². The summed E-state index contributed by atoms with van der Waals surface area (Å²) in [6.45, 7) is 4.02. The van der Waals surface area contributed by atoms with Crippen molar-refractivity contribution in [3.8, 4) is 0 Å². The van der Waals surface area contributed by atoms with E-state index >= 15 is 0 Å². The van der Waals surface area contributed by atoms with Crippen LogP contribution in [0.25, 0.3) is 0 Å².